The van der Waals surface area contributed by atoms with Crippen molar-refractivity contribution in [2.45, 2.75) is 63.0 Å². The third-order valence-corrected chi connectivity index (χ3v) is 8.35. The van der Waals surface area contributed by atoms with Crippen molar-refractivity contribution in [2.75, 3.05) is 13.1 Å². The minimum absolute atomic E-state index is 0.170. The van der Waals surface area contributed by atoms with Crippen LogP contribution in [-0.4, -0.2) is 40.8 Å². The molecule has 7 fully saturated rings. The van der Waals surface area contributed by atoms with Crippen molar-refractivity contribution >= 4 is 6.03 Å². The Bertz CT molecular complexity index is 572. The predicted octanol–water partition coefficient (Wildman–Crippen LogP) is 2.37. The topological polar surface area (TPSA) is 52.6 Å². The summed E-state index contributed by atoms with van der Waals surface area (Å²) in [6.45, 7) is 1.69. The summed E-state index contributed by atoms with van der Waals surface area (Å²) in [6, 6.07) is 0.587. The molecule has 126 valence electrons. The molecule has 2 N–H and O–H groups in total. The van der Waals surface area contributed by atoms with Gasteiger partial charge >= 0.3 is 6.03 Å². The van der Waals surface area contributed by atoms with Gasteiger partial charge in [-0.2, -0.15) is 0 Å². The molecule has 4 heteroatoms. The van der Waals surface area contributed by atoms with Crippen LogP contribution in [-0.2, 0) is 0 Å². The van der Waals surface area contributed by atoms with Crippen LogP contribution in [0.1, 0.15) is 51.4 Å². The molecule has 7 aliphatic rings. The molecule has 23 heavy (non-hydrogen) atoms. The van der Waals surface area contributed by atoms with Crippen molar-refractivity contribution in [1.82, 2.24) is 10.2 Å². The van der Waals surface area contributed by atoms with Crippen molar-refractivity contribution in [1.29, 1.82) is 0 Å². The molecule has 6 unspecified atom stereocenters. The van der Waals surface area contributed by atoms with Crippen LogP contribution in [0.2, 0.25) is 0 Å². The van der Waals surface area contributed by atoms with Crippen LogP contribution >= 0.6 is 0 Å². The molecule has 6 saturated carbocycles. The van der Waals surface area contributed by atoms with Crippen molar-refractivity contribution in [3.05, 3.63) is 0 Å². The molecule has 0 aromatic carbocycles. The maximum Gasteiger partial charge on any atom is 0.317 e. The minimum atomic E-state index is -0.401. The zero-order valence-electron chi connectivity index (χ0n) is 13.8. The first kappa shape index (κ1) is 13.5. The van der Waals surface area contributed by atoms with E-state index in [0.29, 0.717) is 17.9 Å². The first-order chi connectivity index (χ1) is 11.1. The SMILES string of the molecule is O=C1NCCN1C1C2CC3CC(O)(C2)C(C2CC2)C1(C1CC1)C3. The van der Waals surface area contributed by atoms with E-state index >= 15 is 0 Å². The maximum absolute atomic E-state index is 12.5. The summed E-state index contributed by atoms with van der Waals surface area (Å²) in [5.74, 6) is 3.27. The largest absolute Gasteiger partial charge is 0.390 e. The van der Waals surface area contributed by atoms with Crippen LogP contribution in [0.15, 0.2) is 0 Å². The first-order valence-corrected chi connectivity index (χ1v) is 9.89. The van der Waals surface area contributed by atoms with Gasteiger partial charge in [-0.25, -0.2) is 4.79 Å². The molecule has 0 aromatic rings. The molecule has 1 aliphatic heterocycles. The quantitative estimate of drug-likeness (QED) is 0.840. The number of hydrogen-bond donors (Lipinski definition) is 2. The van der Waals surface area contributed by atoms with E-state index in [-0.39, 0.29) is 11.4 Å². The first-order valence-electron chi connectivity index (χ1n) is 9.89. The van der Waals surface area contributed by atoms with Crippen molar-refractivity contribution < 1.29 is 9.90 Å². The van der Waals surface area contributed by atoms with Gasteiger partial charge in [0.1, 0.15) is 0 Å². The van der Waals surface area contributed by atoms with E-state index in [1.165, 1.54) is 38.5 Å². The van der Waals surface area contributed by atoms with Gasteiger partial charge in [-0.05, 0) is 81.0 Å². The highest BCUT2D eigenvalue weighted by atomic mass is 16.3. The lowest BCUT2D eigenvalue weighted by Crippen LogP contribution is -2.73. The lowest BCUT2D eigenvalue weighted by atomic mass is 9.39. The lowest BCUT2D eigenvalue weighted by molar-refractivity contribution is -0.253. The van der Waals surface area contributed by atoms with Crippen LogP contribution in [0, 0.1) is 35.0 Å². The molecule has 0 spiro atoms. The zero-order valence-corrected chi connectivity index (χ0v) is 13.8. The second kappa shape index (κ2) is 4.07. The van der Waals surface area contributed by atoms with Crippen LogP contribution in [0.3, 0.4) is 0 Å². The molecule has 2 amide bonds. The van der Waals surface area contributed by atoms with Crippen LogP contribution in [0.5, 0.6) is 0 Å². The van der Waals surface area contributed by atoms with E-state index < -0.39 is 5.60 Å². The van der Waals surface area contributed by atoms with Crippen LogP contribution in [0.25, 0.3) is 0 Å². The predicted molar refractivity (Wildman–Crippen MR) is 85.7 cm³/mol. The number of amides is 2. The fourth-order valence-electron chi connectivity index (χ4n) is 8.04. The summed E-state index contributed by atoms with van der Waals surface area (Å²) >= 11 is 0. The van der Waals surface area contributed by atoms with Gasteiger partial charge < -0.3 is 15.3 Å². The smallest absolute Gasteiger partial charge is 0.317 e. The fraction of sp³-hybridized carbons (Fsp3) is 0.947. The highest BCUT2D eigenvalue weighted by Crippen LogP contribution is 2.74. The number of nitrogens with zero attached hydrogens (tertiary/aromatic N) is 1. The molecule has 1 saturated heterocycles. The van der Waals surface area contributed by atoms with Crippen molar-refractivity contribution in [2.24, 2.45) is 35.0 Å². The Balaban J connectivity index is 1.51. The lowest BCUT2D eigenvalue weighted by Gasteiger charge is -2.70. The van der Waals surface area contributed by atoms with E-state index in [4.69, 9.17) is 0 Å². The highest BCUT2D eigenvalue weighted by Gasteiger charge is 2.74. The normalized spacial score (nSPS) is 54.7. The van der Waals surface area contributed by atoms with E-state index in [1.54, 1.807) is 0 Å². The number of carbonyl (C=O) groups excluding carboxylic acids is 1. The molecule has 1 heterocycles. The van der Waals surface area contributed by atoms with Gasteiger partial charge in [-0.1, -0.05) is 0 Å². The van der Waals surface area contributed by atoms with Crippen LogP contribution in [0.4, 0.5) is 4.79 Å². The Morgan fingerprint density at radius 1 is 1.09 bits per heavy atom. The van der Waals surface area contributed by atoms with Gasteiger partial charge in [0.2, 0.25) is 0 Å². The number of aliphatic hydroxyl groups is 1. The van der Waals surface area contributed by atoms with E-state index in [0.717, 1.165) is 43.7 Å². The molecule has 0 aromatic heterocycles. The fourth-order valence-corrected chi connectivity index (χ4v) is 8.04. The highest BCUT2D eigenvalue weighted by molar-refractivity contribution is 5.76. The monoisotopic (exact) mass is 316 g/mol. The summed E-state index contributed by atoms with van der Waals surface area (Å²) in [5, 5.41) is 14.7. The van der Waals surface area contributed by atoms with E-state index in [2.05, 4.69) is 10.2 Å². The third kappa shape index (κ3) is 1.59. The Hall–Kier alpha value is -0.770. The molecule has 4 nitrogen and oxygen atoms in total. The molecule has 4 bridgehead atoms. The van der Waals surface area contributed by atoms with E-state index in [9.17, 15) is 9.90 Å². The number of hydrogen-bond acceptors (Lipinski definition) is 2. The molecule has 6 atom stereocenters. The van der Waals surface area contributed by atoms with Crippen molar-refractivity contribution in [3.8, 4) is 0 Å². The zero-order chi connectivity index (χ0) is 15.4. The number of urea groups is 1. The maximum atomic E-state index is 12.5. The van der Waals surface area contributed by atoms with Gasteiger partial charge in [0.15, 0.2) is 0 Å². The Morgan fingerprint density at radius 3 is 2.57 bits per heavy atom. The summed E-state index contributed by atoms with van der Waals surface area (Å²) in [5.41, 5.74) is -0.149. The summed E-state index contributed by atoms with van der Waals surface area (Å²) in [6.07, 6.45) is 9.88. The molecular formula is C19H28N2O2. The average molecular weight is 316 g/mol. The number of carbonyl (C=O) groups is 1. The second-order valence-electron chi connectivity index (χ2n) is 9.65. The molecule has 7 rings (SSSR count). The van der Waals surface area contributed by atoms with Crippen molar-refractivity contribution in [3.63, 3.8) is 0 Å². The third-order valence-electron chi connectivity index (χ3n) is 8.35. The summed E-state index contributed by atoms with van der Waals surface area (Å²) < 4.78 is 0. The minimum Gasteiger partial charge on any atom is -0.390 e. The molecular weight excluding hydrogens is 288 g/mol. The van der Waals surface area contributed by atoms with Gasteiger partial charge in [-0.3, -0.25) is 0 Å². The second-order valence-corrected chi connectivity index (χ2v) is 9.65. The van der Waals surface area contributed by atoms with Gasteiger partial charge in [-0.15, -0.1) is 0 Å². The standard InChI is InChI=1S/C19H28N2O2/c22-17-20-5-6-21(17)16-13-7-11-8-18(23,10-13)15(12-1-2-12)19(16,9-11)14-3-4-14/h11-16,23H,1-10H2,(H,20,22). The Kier molecular flexibility index (Phi) is 2.39. The Labute approximate surface area is 138 Å². The Morgan fingerprint density at radius 2 is 1.91 bits per heavy atom. The molecule has 6 aliphatic carbocycles. The number of nitrogens with one attached hydrogen (secondary N) is 1. The summed E-state index contributed by atoms with van der Waals surface area (Å²) in [7, 11) is 0. The van der Waals surface area contributed by atoms with Crippen LogP contribution < -0.4 is 5.32 Å². The molecule has 0 radical (unpaired) electrons. The average Bonchev–Trinajstić information content (AvgIpc) is 3.38. The van der Waals surface area contributed by atoms with E-state index in [1.807, 2.05) is 0 Å². The van der Waals surface area contributed by atoms with Gasteiger partial charge in [0.25, 0.3) is 0 Å². The van der Waals surface area contributed by atoms with Gasteiger partial charge in [0.05, 0.1) is 5.60 Å². The van der Waals surface area contributed by atoms with Gasteiger partial charge in [0, 0.05) is 24.5 Å². The number of rotatable bonds is 3. The summed E-state index contributed by atoms with van der Waals surface area (Å²) in [4.78, 5) is 14.7.